The molecule has 2 fully saturated rings. The number of piperidine rings is 1. The molecule has 1 saturated carbocycles. The van der Waals surface area contributed by atoms with Crippen LogP contribution in [0.5, 0.6) is 0 Å². The zero-order valence-corrected chi connectivity index (χ0v) is 11.3. The first-order valence-electron chi connectivity index (χ1n) is 6.72. The van der Waals surface area contributed by atoms with Crippen molar-refractivity contribution in [3.63, 3.8) is 0 Å². The molecule has 2 aromatic heterocycles. The Kier molecular flexibility index (Phi) is 2.68. The molecule has 19 heavy (non-hydrogen) atoms. The molecule has 1 unspecified atom stereocenters. The first-order chi connectivity index (χ1) is 9.40. The Labute approximate surface area is 114 Å². The average Bonchev–Trinajstić information content (AvgIpc) is 2.97. The van der Waals surface area contributed by atoms with Gasteiger partial charge in [0.15, 0.2) is 5.82 Å². The van der Waals surface area contributed by atoms with Crippen LogP contribution >= 0.6 is 11.5 Å². The Morgan fingerprint density at radius 1 is 1.16 bits per heavy atom. The van der Waals surface area contributed by atoms with Gasteiger partial charge in [0.25, 0.3) is 0 Å². The summed E-state index contributed by atoms with van der Waals surface area (Å²) in [5.74, 6) is 2.84. The molecule has 1 atom stereocenters. The monoisotopic (exact) mass is 277 g/mol. The molecule has 1 aliphatic heterocycles. The van der Waals surface area contributed by atoms with Crippen LogP contribution in [0.4, 0.5) is 5.13 Å². The molecule has 0 spiro atoms. The van der Waals surface area contributed by atoms with Gasteiger partial charge in [-0.3, -0.25) is 0 Å². The zero-order chi connectivity index (χ0) is 12.7. The number of tetrazole rings is 1. The summed E-state index contributed by atoms with van der Waals surface area (Å²) < 4.78 is 4.48. The Bertz CT molecular complexity index is 547. The molecule has 8 heteroatoms. The van der Waals surface area contributed by atoms with Gasteiger partial charge in [0.2, 0.25) is 5.13 Å². The number of nitrogens with zero attached hydrogens (tertiary/aromatic N) is 6. The van der Waals surface area contributed by atoms with Crippen molar-refractivity contribution < 1.29 is 0 Å². The van der Waals surface area contributed by atoms with Gasteiger partial charge in [-0.2, -0.15) is 9.59 Å². The molecule has 1 N–H and O–H groups in total. The van der Waals surface area contributed by atoms with Crippen LogP contribution in [0.15, 0.2) is 0 Å². The van der Waals surface area contributed by atoms with Crippen LogP contribution in [0.2, 0.25) is 0 Å². The summed E-state index contributed by atoms with van der Waals surface area (Å²) in [5, 5.41) is 15.4. The first kappa shape index (κ1) is 11.3. The van der Waals surface area contributed by atoms with Gasteiger partial charge in [0.1, 0.15) is 5.82 Å². The normalized spacial score (nSPS) is 23.8. The Morgan fingerprint density at radius 3 is 2.89 bits per heavy atom. The molecule has 1 aliphatic carbocycles. The average molecular weight is 277 g/mol. The van der Waals surface area contributed by atoms with Crippen LogP contribution in [0.1, 0.15) is 49.2 Å². The number of rotatable bonds is 3. The summed E-state index contributed by atoms with van der Waals surface area (Å²) in [4.78, 5) is 6.99. The molecule has 0 aromatic carbocycles. The van der Waals surface area contributed by atoms with E-state index in [-0.39, 0.29) is 0 Å². The van der Waals surface area contributed by atoms with E-state index >= 15 is 0 Å². The van der Waals surface area contributed by atoms with Gasteiger partial charge in [0, 0.05) is 36.5 Å². The van der Waals surface area contributed by atoms with E-state index < -0.39 is 0 Å². The molecule has 4 rings (SSSR count). The number of H-pyrrole nitrogens is 1. The SMILES string of the molecule is C1CC(c2nn[nH]n2)CN(c2nc(C3CC3)ns2)C1. The number of hydrogen-bond donors (Lipinski definition) is 1. The lowest BCUT2D eigenvalue weighted by atomic mass is 9.98. The first-order valence-corrected chi connectivity index (χ1v) is 7.49. The van der Waals surface area contributed by atoms with E-state index in [2.05, 4.69) is 34.9 Å². The van der Waals surface area contributed by atoms with Gasteiger partial charge >= 0.3 is 0 Å². The second kappa shape index (κ2) is 4.52. The maximum Gasteiger partial charge on any atom is 0.205 e. The summed E-state index contributed by atoms with van der Waals surface area (Å²) in [6.07, 6.45) is 4.76. The quantitative estimate of drug-likeness (QED) is 0.910. The van der Waals surface area contributed by atoms with Gasteiger partial charge < -0.3 is 4.90 Å². The van der Waals surface area contributed by atoms with Crippen LogP contribution in [-0.2, 0) is 0 Å². The third-order valence-electron chi connectivity index (χ3n) is 3.79. The Morgan fingerprint density at radius 2 is 2.11 bits per heavy atom. The predicted molar refractivity (Wildman–Crippen MR) is 70.2 cm³/mol. The van der Waals surface area contributed by atoms with Gasteiger partial charge in [-0.15, -0.1) is 10.2 Å². The third-order valence-corrected chi connectivity index (χ3v) is 4.58. The molecule has 2 aliphatic rings. The topological polar surface area (TPSA) is 83.5 Å². The van der Waals surface area contributed by atoms with Crippen LogP contribution < -0.4 is 4.90 Å². The Hall–Kier alpha value is -1.57. The standard InChI is InChI=1S/C11H15N7S/c1-2-8(10-13-16-17-14-10)6-18(5-1)11-12-9(15-19-11)7-3-4-7/h7-8H,1-6H2,(H,13,14,16,17). The maximum atomic E-state index is 4.68. The van der Waals surface area contributed by atoms with Crippen molar-refractivity contribution in [3.05, 3.63) is 11.6 Å². The highest BCUT2D eigenvalue weighted by molar-refractivity contribution is 7.09. The lowest BCUT2D eigenvalue weighted by Crippen LogP contribution is -2.34. The molecular formula is C11H15N7S. The minimum Gasteiger partial charge on any atom is -0.346 e. The Balaban J connectivity index is 1.50. The van der Waals surface area contributed by atoms with E-state index in [1.54, 1.807) is 0 Å². The van der Waals surface area contributed by atoms with E-state index in [1.807, 2.05) is 0 Å². The van der Waals surface area contributed by atoms with Gasteiger partial charge in [-0.25, -0.2) is 4.98 Å². The van der Waals surface area contributed by atoms with E-state index in [1.165, 1.54) is 24.4 Å². The highest BCUT2D eigenvalue weighted by Crippen LogP contribution is 2.40. The number of aromatic amines is 1. The van der Waals surface area contributed by atoms with Gasteiger partial charge in [-0.05, 0) is 25.7 Å². The molecule has 0 amide bonds. The van der Waals surface area contributed by atoms with Crippen molar-refractivity contribution in [1.29, 1.82) is 0 Å². The summed E-state index contributed by atoms with van der Waals surface area (Å²) >= 11 is 1.52. The highest BCUT2D eigenvalue weighted by Gasteiger charge is 2.30. The van der Waals surface area contributed by atoms with Crippen molar-refractivity contribution in [2.24, 2.45) is 0 Å². The fourth-order valence-corrected chi connectivity index (χ4v) is 3.35. The van der Waals surface area contributed by atoms with Crippen molar-refractivity contribution in [2.45, 2.75) is 37.5 Å². The maximum absolute atomic E-state index is 4.68. The fraction of sp³-hybridized carbons (Fsp3) is 0.727. The van der Waals surface area contributed by atoms with Crippen molar-refractivity contribution in [3.8, 4) is 0 Å². The largest absolute Gasteiger partial charge is 0.346 e. The molecule has 7 nitrogen and oxygen atoms in total. The van der Waals surface area contributed by atoms with E-state index in [4.69, 9.17) is 0 Å². The number of hydrogen-bond acceptors (Lipinski definition) is 7. The molecule has 3 heterocycles. The second-order valence-electron chi connectivity index (χ2n) is 5.26. The van der Waals surface area contributed by atoms with Crippen molar-refractivity contribution >= 4 is 16.7 Å². The summed E-state index contributed by atoms with van der Waals surface area (Å²) in [5.41, 5.74) is 0. The smallest absolute Gasteiger partial charge is 0.205 e. The number of nitrogens with one attached hydrogen (secondary N) is 1. The van der Waals surface area contributed by atoms with Crippen LogP contribution in [0.3, 0.4) is 0 Å². The van der Waals surface area contributed by atoms with Crippen LogP contribution in [0.25, 0.3) is 0 Å². The summed E-state index contributed by atoms with van der Waals surface area (Å²) in [6, 6.07) is 0. The minimum absolute atomic E-state index is 0.348. The molecular weight excluding hydrogens is 262 g/mol. The molecule has 0 bridgehead atoms. The van der Waals surface area contributed by atoms with Gasteiger partial charge in [-0.1, -0.05) is 5.21 Å². The lowest BCUT2D eigenvalue weighted by Gasteiger charge is -2.30. The number of anilines is 1. The zero-order valence-electron chi connectivity index (χ0n) is 10.5. The second-order valence-corrected chi connectivity index (χ2v) is 5.99. The van der Waals surface area contributed by atoms with E-state index in [9.17, 15) is 0 Å². The van der Waals surface area contributed by atoms with Crippen LogP contribution in [-0.4, -0.2) is 43.1 Å². The fourth-order valence-electron chi connectivity index (χ4n) is 2.57. The minimum atomic E-state index is 0.348. The summed E-state index contributed by atoms with van der Waals surface area (Å²) in [6.45, 7) is 1.96. The lowest BCUT2D eigenvalue weighted by molar-refractivity contribution is 0.491. The van der Waals surface area contributed by atoms with Crippen molar-refractivity contribution in [1.82, 2.24) is 30.0 Å². The summed E-state index contributed by atoms with van der Waals surface area (Å²) in [7, 11) is 0. The van der Waals surface area contributed by atoms with Crippen molar-refractivity contribution in [2.75, 3.05) is 18.0 Å². The molecule has 0 radical (unpaired) electrons. The molecule has 100 valence electrons. The molecule has 1 saturated heterocycles. The van der Waals surface area contributed by atoms with Gasteiger partial charge in [0.05, 0.1) is 0 Å². The van der Waals surface area contributed by atoms with E-state index in [0.717, 1.165) is 42.7 Å². The highest BCUT2D eigenvalue weighted by atomic mass is 32.1. The molecule has 2 aromatic rings. The van der Waals surface area contributed by atoms with Crippen LogP contribution in [0, 0.1) is 0 Å². The van der Waals surface area contributed by atoms with E-state index in [0.29, 0.717) is 11.8 Å². The predicted octanol–water partition coefficient (Wildman–Crippen LogP) is 1.31. The third kappa shape index (κ3) is 2.20. The number of aromatic nitrogens is 6.